The summed E-state index contributed by atoms with van der Waals surface area (Å²) in [7, 11) is 0. The number of anilines is 1. The number of aromatic nitrogens is 4. The molecule has 0 spiro atoms. The molecule has 140 valence electrons. The lowest BCUT2D eigenvalue weighted by molar-refractivity contribution is -0.138. The number of hydrogen-bond donors (Lipinski definition) is 0. The van der Waals surface area contributed by atoms with Crippen molar-refractivity contribution in [3.63, 3.8) is 0 Å². The molecule has 0 atom stereocenters. The normalized spacial score (nSPS) is 21.3. The molecule has 1 amide bonds. The molecular formula is C17H22F2N6O. The molecule has 7 nitrogen and oxygen atoms in total. The van der Waals surface area contributed by atoms with Gasteiger partial charge in [0.25, 0.3) is 5.92 Å². The van der Waals surface area contributed by atoms with Gasteiger partial charge in [-0.15, -0.1) is 15.3 Å². The fourth-order valence-corrected chi connectivity index (χ4v) is 3.71. The first kappa shape index (κ1) is 17.1. The summed E-state index contributed by atoms with van der Waals surface area (Å²) in [6.07, 6.45) is 3.40. The number of fused-ring (bicyclic) bond motifs is 1. The predicted molar refractivity (Wildman–Crippen MR) is 91.1 cm³/mol. The van der Waals surface area contributed by atoms with Gasteiger partial charge < -0.3 is 9.80 Å². The Hall–Kier alpha value is -2.32. The minimum atomic E-state index is -2.61. The Morgan fingerprint density at radius 3 is 2.62 bits per heavy atom. The number of alkyl halides is 2. The highest BCUT2D eigenvalue weighted by molar-refractivity contribution is 5.76. The van der Waals surface area contributed by atoms with Gasteiger partial charge in [0.2, 0.25) is 5.91 Å². The van der Waals surface area contributed by atoms with Crippen molar-refractivity contribution in [3.05, 3.63) is 18.5 Å². The number of nitrogens with zero attached hydrogens (tertiary/aromatic N) is 6. The van der Waals surface area contributed by atoms with E-state index < -0.39 is 5.92 Å². The van der Waals surface area contributed by atoms with Crippen molar-refractivity contribution >= 4 is 17.4 Å². The van der Waals surface area contributed by atoms with Crippen molar-refractivity contribution in [2.45, 2.75) is 38.0 Å². The van der Waals surface area contributed by atoms with Gasteiger partial charge >= 0.3 is 0 Å². The highest BCUT2D eigenvalue weighted by atomic mass is 19.3. The second kappa shape index (κ2) is 6.77. The van der Waals surface area contributed by atoms with Crippen LogP contribution in [0.3, 0.4) is 0 Å². The van der Waals surface area contributed by atoms with E-state index in [1.807, 2.05) is 12.1 Å². The first-order valence-corrected chi connectivity index (χ1v) is 9.08. The average Bonchev–Trinajstić information content (AvgIpc) is 3.10. The molecule has 2 aliphatic heterocycles. The van der Waals surface area contributed by atoms with Gasteiger partial charge in [-0.05, 0) is 30.9 Å². The number of halogens is 2. The fourth-order valence-electron chi connectivity index (χ4n) is 3.71. The molecule has 2 aromatic heterocycles. The molecule has 2 aliphatic rings. The zero-order valence-corrected chi connectivity index (χ0v) is 14.5. The molecule has 9 heteroatoms. The molecule has 0 unspecified atom stereocenters. The third kappa shape index (κ3) is 3.61. The topological polar surface area (TPSA) is 66.6 Å². The van der Waals surface area contributed by atoms with E-state index in [0.29, 0.717) is 18.0 Å². The molecule has 4 heterocycles. The summed E-state index contributed by atoms with van der Waals surface area (Å²) in [5.41, 5.74) is 0.710. The number of amides is 1. The van der Waals surface area contributed by atoms with Crippen molar-refractivity contribution in [1.29, 1.82) is 0 Å². The van der Waals surface area contributed by atoms with Crippen LogP contribution in [0.15, 0.2) is 18.5 Å². The third-order valence-corrected chi connectivity index (χ3v) is 5.40. The molecule has 2 saturated heterocycles. The van der Waals surface area contributed by atoms with Gasteiger partial charge in [-0.2, -0.15) is 4.52 Å². The molecular weight excluding hydrogens is 342 g/mol. The summed E-state index contributed by atoms with van der Waals surface area (Å²) in [6, 6.07) is 3.82. The number of carbonyl (C=O) groups is 1. The van der Waals surface area contributed by atoms with Crippen LogP contribution in [0, 0.1) is 5.92 Å². The Labute approximate surface area is 150 Å². The number of likely N-dealkylation sites (tertiary alicyclic amines) is 1. The minimum Gasteiger partial charge on any atom is -0.355 e. The van der Waals surface area contributed by atoms with E-state index in [-0.39, 0.29) is 31.8 Å². The predicted octanol–water partition coefficient (Wildman–Crippen LogP) is 1.99. The summed E-state index contributed by atoms with van der Waals surface area (Å²) in [4.78, 5) is 16.2. The van der Waals surface area contributed by atoms with Crippen LogP contribution < -0.4 is 4.90 Å². The van der Waals surface area contributed by atoms with Crippen LogP contribution in [0.4, 0.5) is 14.6 Å². The van der Waals surface area contributed by atoms with E-state index in [9.17, 15) is 13.6 Å². The Balaban J connectivity index is 1.29. The lowest BCUT2D eigenvalue weighted by Crippen LogP contribution is -2.44. The Morgan fingerprint density at radius 2 is 1.88 bits per heavy atom. The molecule has 0 aliphatic carbocycles. The van der Waals surface area contributed by atoms with Crippen LogP contribution in [0.25, 0.3) is 5.65 Å². The summed E-state index contributed by atoms with van der Waals surface area (Å²) in [5.74, 6) is -1.41. The van der Waals surface area contributed by atoms with Crippen LogP contribution >= 0.6 is 0 Å². The summed E-state index contributed by atoms with van der Waals surface area (Å²) in [5, 5.41) is 12.3. The largest absolute Gasteiger partial charge is 0.355 e. The third-order valence-electron chi connectivity index (χ3n) is 5.40. The first-order valence-electron chi connectivity index (χ1n) is 9.08. The van der Waals surface area contributed by atoms with Gasteiger partial charge in [-0.25, -0.2) is 8.78 Å². The Bertz CT molecular complexity index is 776. The Kier molecular flexibility index (Phi) is 4.46. The molecule has 0 aromatic carbocycles. The van der Waals surface area contributed by atoms with E-state index in [4.69, 9.17) is 0 Å². The first-order chi connectivity index (χ1) is 12.5. The highest BCUT2D eigenvalue weighted by Crippen LogP contribution is 2.29. The lowest BCUT2D eigenvalue weighted by atomic mass is 9.92. The van der Waals surface area contributed by atoms with Crippen LogP contribution in [0.5, 0.6) is 0 Å². The smallest absolute Gasteiger partial charge is 0.251 e. The monoisotopic (exact) mass is 364 g/mol. The van der Waals surface area contributed by atoms with Gasteiger partial charge in [-0.3, -0.25) is 4.79 Å². The molecule has 0 bridgehead atoms. The van der Waals surface area contributed by atoms with Crippen LogP contribution in [-0.2, 0) is 4.79 Å². The second-order valence-electron chi connectivity index (χ2n) is 7.20. The van der Waals surface area contributed by atoms with Crippen molar-refractivity contribution in [1.82, 2.24) is 24.7 Å². The standard InChI is InChI=1S/C17H22F2N6O/c18-17(19)5-9-24(10-6-17)16(26)11-13-3-7-23(8-4-13)15-2-1-14-21-20-12-25(14)22-15/h1-2,12-13H,3-11H2. The summed E-state index contributed by atoms with van der Waals surface area (Å²) in [6.45, 7) is 2.01. The average molecular weight is 364 g/mol. The maximum absolute atomic E-state index is 13.2. The van der Waals surface area contributed by atoms with Crippen molar-refractivity contribution in [2.75, 3.05) is 31.1 Å². The van der Waals surface area contributed by atoms with E-state index in [1.165, 1.54) is 0 Å². The summed E-state index contributed by atoms with van der Waals surface area (Å²) < 4.78 is 28.1. The number of rotatable bonds is 3. The van der Waals surface area contributed by atoms with Gasteiger partial charge in [0.15, 0.2) is 5.65 Å². The van der Waals surface area contributed by atoms with E-state index in [0.717, 1.165) is 31.7 Å². The lowest BCUT2D eigenvalue weighted by Gasteiger charge is -2.35. The van der Waals surface area contributed by atoms with Crippen LogP contribution in [-0.4, -0.2) is 62.7 Å². The van der Waals surface area contributed by atoms with E-state index in [2.05, 4.69) is 20.2 Å². The molecule has 0 N–H and O–H groups in total. The molecule has 4 rings (SSSR count). The molecule has 2 aromatic rings. The minimum absolute atomic E-state index is 0.0167. The van der Waals surface area contributed by atoms with Gasteiger partial charge in [0.05, 0.1) is 0 Å². The molecule has 26 heavy (non-hydrogen) atoms. The number of hydrogen-bond acceptors (Lipinski definition) is 5. The number of piperidine rings is 2. The van der Waals surface area contributed by atoms with Gasteiger partial charge in [0.1, 0.15) is 12.1 Å². The van der Waals surface area contributed by atoms with E-state index in [1.54, 1.807) is 15.7 Å². The zero-order valence-electron chi connectivity index (χ0n) is 14.5. The second-order valence-corrected chi connectivity index (χ2v) is 7.20. The van der Waals surface area contributed by atoms with Crippen LogP contribution in [0.2, 0.25) is 0 Å². The maximum atomic E-state index is 13.2. The summed E-state index contributed by atoms with van der Waals surface area (Å²) >= 11 is 0. The number of carbonyl (C=O) groups excluding carboxylic acids is 1. The van der Waals surface area contributed by atoms with Crippen molar-refractivity contribution < 1.29 is 13.6 Å². The van der Waals surface area contributed by atoms with Crippen molar-refractivity contribution in [3.8, 4) is 0 Å². The quantitative estimate of drug-likeness (QED) is 0.833. The van der Waals surface area contributed by atoms with Gasteiger partial charge in [-0.1, -0.05) is 0 Å². The SMILES string of the molecule is O=C(CC1CCN(c2ccc3nncn3n2)CC1)N1CCC(F)(F)CC1. The van der Waals surface area contributed by atoms with Crippen LogP contribution in [0.1, 0.15) is 32.1 Å². The zero-order chi connectivity index (χ0) is 18.1. The molecule has 0 radical (unpaired) electrons. The maximum Gasteiger partial charge on any atom is 0.251 e. The van der Waals surface area contributed by atoms with Gasteiger partial charge in [0, 0.05) is 45.4 Å². The highest BCUT2D eigenvalue weighted by Gasteiger charge is 2.36. The fraction of sp³-hybridized carbons (Fsp3) is 0.647. The van der Waals surface area contributed by atoms with Crippen molar-refractivity contribution in [2.24, 2.45) is 5.92 Å². The Morgan fingerprint density at radius 1 is 1.15 bits per heavy atom. The van der Waals surface area contributed by atoms with E-state index >= 15 is 0 Å². The molecule has 2 fully saturated rings. The molecule has 0 saturated carbocycles.